The van der Waals surface area contributed by atoms with Gasteiger partial charge in [-0.3, -0.25) is 4.79 Å². The van der Waals surface area contributed by atoms with Crippen molar-refractivity contribution in [2.75, 3.05) is 7.11 Å². The van der Waals surface area contributed by atoms with Gasteiger partial charge in [-0.25, -0.2) is 0 Å². The van der Waals surface area contributed by atoms with E-state index in [1.807, 2.05) is 0 Å². The van der Waals surface area contributed by atoms with Crippen molar-refractivity contribution < 1.29 is 30.6 Å². The first-order chi connectivity index (χ1) is 5.25. The van der Waals surface area contributed by atoms with Crippen LogP contribution >= 0.6 is 0 Å². The Bertz CT molecular complexity index is 276. The van der Waals surface area contributed by atoms with Crippen molar-refractivity contribution in [2.45, 2.75) is 0 Å². The molecule has 0 fully saturated rings. The molecule has 4 heteroatoms. The molecule has 12 heavy (non-hydrogen) atoms. The molecule has 0 saturated carbocycles. The van der Waals surface area contributed by atoms with Gasteiger partial charge in [0.15, 0.2) is 0 Å². The number of ether oxygens (including phenoxy) is 1. The molecule has 0 saturated heterocycles. The van der Waals surface area contributed by atoms with Crippen LogP contribution in [-0.4, -0.2) is 13.0 Å². The molecule has 2 N–H and O–H groups in total. The predicted molar refractivity (Wildman–Crippen MR) is 40.3 cm³/mol. The van der Waals surface area contributed by atoms with E-state index < -0.39 is 5.91 Å². The normalized spacial score (nSPS) is 8.42. The second-order valence-corrected chi connectivity index (χ2v) is 1.99. The van der Waals surface area contributed by atoms with E-state index in [2.05, 4.69) is 6.07 Å². The molecule has 1 amide bonds. The Kier molecular flexibility index (Phi) is 4.60. The van der Waals surface area contributed by atoms with E-state index in [4.69, 9.17) is 10.5 Å². The number of benzene rings is 1. The first-order valence-electron chi connectivity index (χ1n) is 3.09. The summed E-state index contributed by atoms with van der Waals surface area (Å²) < 4.78 is 4.87. The second-order valence-electron chi connectivity index (χ2n) is 1.99. The largest absolute Gasteiger partial charge is 0.553 e. The molecule has 0 atom stereocenters. The maximum atomic E-state index is 10.7. The fourth-order valence-electron chi connectivity index (χ4n) is 0.788. The van der Waals surface area contributed by atoms with E-state index in [0.29, 0.717) is 11.3 Å². The summed E-state index contributed by atoms with van der Waals surface area (Å²) >= 11 is 0. The Hall–Kier alpha value is -0.822. The number of nitrogens with two attached hydrogens (primary N) is 1. The molecule has 0 bridgehead atoms. The van der Waals surface area contributed by atoms with Gasteiger partial charge in [0.05, 0.1) is 7.11 Å². The van der Waals surface area contributed by atoms with E-state index in [0.717, 1.165) is 0 Å². The molecule has 0 aliphatic heterocycles. The number of methoxy groups -OCH3 is 1. The summed E-state index contributed by atoms with van der Waals surface area (Å²) in [5.41, 5.74) is 5.44. The van der Waals surface area contributed by atoms with Crippen LogP contribution in [0.5, 0.6) is 5.75 Å². The van der Waals surface area contributed by atoms with Crippen LogP contribution in [0.1, 0.15) is 10.4 Å². The first-order valence-corrected chi connectivity index (χ1v) is 3.09. The van der Waals surface area contributed by atoms with Crippen molar-refractivity contribution in [3.8, 4) is 5.75 Å². The number of primary amides is 1. The summed E-state index contributed by atoms with van der Waals surface area (Å²) in [6.07, 6.45) is 0. The van der Waals surface area contributed by atoms with Gasteiger partial charge < -0.3 is 10.5 Å². The minimum atomic E-state index is -0.490. The number of amides is 1. The standard InChI is InChI=1S/C8H8NO2.W/c1-11-7-5-3-2-4-6(7)8(9)10;/h2,4-5H,1H3,(H2,9,10);/q-1;. The molecule has 0 aromatic heterocycles. The molecule has 0 radical (unpaired) electrons. The number of carbonyl (C=O) groups is 1. The summed E-state index contributed by atoms with van der Waals surface area (Å²) in [7, 11) is 1.48. The third kappa shape index (κ3) is 2.35. The summed E-state index contributed by atoms with van der Waals surface area (Å²) in [5.74, 6) is -0.0316. The van der Waals surface area contributed by atoms with Crippen LogP contribution in [0.2, 0.25) is 0 Å². The topological polar surface area (TPSA) is 52.3 Å². The molecule has 1 rings (SSSR count). The number of hydrogen-bond donors (Lipinski definition) is 1. The van der Waals surface area contributed by atoms with Crippen LogP contribution in [0.3, 0.4) is 0 Å². The Morgan fingerprint density at radius 1 is 1.67 bits per heavy atom. The smallest absolute Gasteiger partial charge is 0.227 e. The van der Waals surface area contributed by atoms with E-state index in [-0.39, 0.29) is 21.1 Å². The summed E-state index contributed by atoms with van der Waals surface area (Å²) in [4.78, 5) is 10.7. The minimum absolute atomic E-state index is 0. The van der Waals surface area contributed by atoms with Crippen molar-refractivity contribution in [3.05, 3.63) is 29.8 Å². The third-order valence-corrected chi connectivity index (χ3v) is 1.31. The van der Waals surface area contributed by atoms with Crippen LogP contribution in [0.25, 0.3) is 0 Å². The van der Waals surface area contributed by atoms with Gasteiger partial charge >= 0.3 is 0 Å². The molecule has 1 aromatic carbocycles. The van der Waals surface area contributed by atoms with E-state index in [1.54, 1.807) is 18.2 Å². The molecule has 0 heterocycles. The van der Waals surface area contributed by atoms with Gasteiger partial charge in [0.2, 0.25) is 5.91 Å². The predicted octanol–water partition coefficient (Wildman–Crippen LogP) is 0.592. The van der Waals surface area contributed by atoms with Gasteiger partial charge in [0.25, 0.3) is 0 Å². The quantitative estimate of drug-likeness (QED) is 0.805. The molecule has 0 spiro atoms. The molecule has 0 aliphatic rings. The van der Waals surface area contributed by atoms with Crippen LogP contribution in [0.4, 0.5) is 0 Å². The van der Waals surface area contributed by atoms with Crippen molar-refractivity contribution in [1.82, 2.24) is 0 Å². The third-order valence-electron chi connectivity index (χ3n) is 1.31. The van der Waals surface area contributed by atoms with Crippen LogP contribution in [0, 0.1) is 6.07 Å². The average Bonchev–Trinajstić information content (AvgIpc) is 2.04. The Balaban J connectivity index is 0.00000121. The van der Waals surface area contributed by atoms with Crippen molar-refractivity contribution in [3.63, 3.8) is 0 Å². The number of carbonyl (C=O) groups excluding carboxylic acids is 1. The molecular weight excluding hydrogens is 326 g/mol. The van der Waals surface area contributed by atoms with E-state index >= 15 is 0 Å². The monoisotopic (exact) mass is 334 g/mol. The number of rotatable bonds is 2. The maximum Gasteiger partial charge on any atom is 0.227 e. The van der Waals surface area contributed by atoms with E-state index in [1.165, 1.54) is 7.11 Å². The molecule has 0 aliphatic carbocycles. The van der Waals surface area contributed by atoms with E-state index in [9.17, 15) is 4.79 Å². The molecule has 64 valence electrons. The van der Waals surface area contributed by atoms with Gasteiger partial charge in [-0.05, 0) is 5.56 Å². The van der Waals surface area contributed by atoms with Gasteiger partial charge in [-0.15, -0.1) is 6.07 Å². The summed E-state index contributed by atoms with van der Waals surface area (Å²) in [6, 6.07) is 7.53. The summed E-state index contributed by atoms with van der Waals surface area (Å²) in [5, 5.41) is 0. The van der Waals surface area contributed by atoms with Crippen molar-refractivity contribution >= 4 is 5.91 Å². The first kappa shape index (κ1) is 11.2. The maximum absolute atomic E-state index is 10.7. The molecule has 3 nitrogen and oxygen atoms in total. The van der Waals surface area contributed by atoms with Gasteiger partial charge in [0.1, 0.15) is 0 Å². The Morgan fingerprint density at radius 2 is 2.33 bits per heavy atom. The zero-order valence-corrected chi connectivity index (χ0v) is 9.47. The van der Waals surface area contributed by atoms with Gasteiger partial charge in [0, 0.05) is 26.8 Å². The van der Waals surface area contributed by atoms with Gasteiger partial charge in [-0.2, -0.15) is 18.2 Å². The SMILES string of the molecule is COc1c[c-]ccc1C(N)=O.[W]. The van der Waals surface area contributed by atoms with Crippen molar-refractivity contribution in [1.29, 1.82) is 0 Å². The Labute approximate surface area is 85.2 Å². The number of hydrogen-bond acceptors (Lipinski definition) is 2. The summed E-state index contributed by atoms with van der Waals surface area (Å²) in [6.45, 7) is 0. The fourth-order valence-corrected chi connectivity index (χ4v) is 0.788. The molecule has 1 aromatic rings. The van der Waals surface area contributed by atoms with Crippen molar-refractivity contribution in [2.24, 2.45) is 5.73 Å². The molecule has 0 unspecified atom stereocenters. The Morgan fingerprint density at radius 3 is 2.75 bits per heavy atom. The van der Waals surface area contributed by atoms with Crippen LogP contribution in [-0.2, 0) is 21.1 Å². The average molecular weight is 334 g/mol. The molecular formula is C8H8NO2W-. The zero-order valence-electron chi connectivity index (χ0n) is 6.53. The fraction of sp³-hybridized carbons (Fsp3) is 0.125. The minimum Gasteiger partial charge on any atom is -0.553 e. The van der Waals surface area contributed by atoms with Crippen LogP contribution in [0.15, 0.2) is 18.2 Å². The zero-order chi connectivity index (χ0) is 8.27. The second kappa shape index (κ2) is 4.94. The van der Waals surface area contributed by atoms with Gasteiger partial charge in [-0.1, -0.05) is 0 Å². The van der Waals surface area contributed by atoms with Crippen LogP contribution < -0.4 is 10.5 Å².